The summed E-state index contributed by atoms with van der Waals surface area (Å²) >= 11 is 1.54. The van der Waals surface area contributed by atoms with Crippen LogP contribution in [0.4, 0.5) is 5.13 Å². The summed E-state index contributed by atoms with van der Waals surface area (Å²) in [6.07, 6.45) is 1.75. The van der Waals surface area contributed by atoms with Crippen LogP contribution >= 0.6 is 11.3 Å². The van der Waals surface area contributed by atoms with Crippen molar-refractivity contribution in [1.29, 1.82) is 0 Å². The second kappa shape index (κ2) is 7.48. The predicted molar refractivity (Wildman–Crippen MR) is 110 cm³/mol. The van der Waals surface area contributed by atoms with Gasteiger partial charge in [0.15, 0.2) is 15.0 Å². The van der Waals surface area contributed by atoms with Gasteiger partial charge in [-0.2, -0.15) is 0 Å². The maximum Gasteiger partial charge on any atom is 0.255 e. The third-order valence-electron chi connectivity index (χ3n) is 4.83. The van der Waals surface area contributed by atoms with Crippen molar-refractivity contribution in [3.63, 3.8) is 0 Å². The zero-order valence-electron chi connectivity index (χ0n) is 15.4. The Bertz CT molecular complexity index is 1090. The van der Waals surface area contributed by atoms with E-state index in [9.17, 15) is 13.2 Å². The highest BCUT2D eigenvalue weighted by Crippen LogP contribution is 2.28. The molecule has 0 N–H and O–H groups in total. The normalized spacial score (nSPS) is 15.2. The molecule has 0 saturated carbocycles. The van der Waals surface area contributed by atoms with Crippen molar-refractivity contribution in [3.05, 3.63) is 48.2 Å². The van der Waals surface area contributed by atoms with Gasteiger partial charge in [0.1, 0.15) is 10.3 Å². The third-order valence-corrected chi connectivity index (χ3v) is 7.65. The van der Waals surface area contributed by atoms with E-state index in [0.717, 1.165) is 15.5 Å². The van der Waals surface area contributed by atoms with Gasteiger partial charge >= 0.3 is 0 Å². The molecular formula is C19H20N4O3S2. The minimum absolute atomic E-state index is 0.0310. The molecule has 1 saturated heterocycles. The molecule has 1 fully saturated rings. The summed E-state index contributed by atoms with van der Waals surface area (Å²) in [4.78, 5) is 26.8. The average Bonchev–Trinajstić information content (AvgIpc) is 3.17. The van der Waals surface area contributed by atoms with Gasteiger partial charge in [0.25, 0.3) is 5.91 Å². The second-order valence-corrected chi connectivity index (χ2v) is 9.71. The topological polar surface area (TPSA) is 83.5 Å². The zero-order chi connectivity index (χ0) is 19.7. The van der Waals surface area contributed by atoms with Crippen LogP contribution < -0.4 is 4.90 Å². The van der Waals surface area contributed by atoms with Crippen LogP contribution in [0.2, 0.25) is 0 Å². The highest BCUT2D eigenvalue weighted by molar-refractivity contribution is 7.91. The van der Waals surface area contributed by atoms with Crippen LogP contribution in [-0.4, -0.2) is 61.1 Å². The summed E-state index contributed by atoms with van der Waals surface area (Å²) < 4.78 is 24.7. The van der Waals surface area contributed by atoms with Gasteiger partial charge in [0, 0.05) is 32.4 Å². The molecule has 2 aromatic heterocycles. The van der Waals surface area contributed by atoms with Gasteiger partial charge in [-0.1, -0.05) is 30.4 Å². The van der Waals surface area contributed by atoms with Crippen LogP contribution in [0.5, 0.6) is 0 Å². The number of nitrogens with zero attached hydrogens (tertiary/aromatic N) is 4. The number of piperazine rings is 1. The van der Waals surface area contributed by atoms with E-state index in [-0.39, 0.29) is 22.1 Å². The standard InChI is InChI=1S/C19H20N4O3S2/c1-2-28(25,26)16-8-4-3-6-14(16)18(24)22-10-12-23(13-11-22)19-21-15-7-5-9-20-17(15)27-19/h3-9H,2,10-13H2,1H3. The summed E-state index contributed by atoms with van der Waals surface area (Å²) in [5.74, 6) is -0.269. The first-order chi connectivity index (χ1) is 13.5. The first kappa shape index (κ1) is 18.8. The fraction of sp³-hybridized carbons (Fsp3) is 0.316. The van der Waals surface area contributed by atoms with Gasteiger partial charge in [-0.15, -0.1) is 0 Å². The Morgan fingerprint density at radius 2 is 1.86 bits per heavy atom. The summed E-state index contributed by atoms with van der Waals surface area (Å²) in [7, 11) is -3.45. The van der Waals surface area contributed by atoms with Crippen LogP contribution in [0.15, 0.2) is 47.5 Å². The maximum absolute atomic E-state index is 13.0. The molecule has 1 aromatic carbocycles. The molecule has 146 valence electrons. The summed E-state index contributed by atoms with van der Waals surface area (Å²) in [6.45, 7) is 3.91. The molecule has 4 rings (SSSR count). The van der Waals surface area contributed by atoms with Crippen molar-refractivity contribution in [1.82, 2.24) is 14.9 Å². The van der Waals surface area contributed by atoms with E-state index in [0.29, 0.717) is 26.2 Å². The Balaban J connectivity index is 1.50. The lowest BCUT2D eigenvalue weighted by atomic mass is 10.2. The number of carbonyl (C=O) groups is 1. The molecule has 0 aliphatic carbocycles. The van der Waals surface area contributed by atoms with Crippen LogP contribution in [0.1, 0.15) is 17.3 Å². The number of hydrogen-bond donors (Lipinski definition) is 0. The molecule has 0 atom stereocenters. The number of carbonyl (C=O) groups excluding carboxylic acids is 1. The molecule has 0 spiro atoms. The van der Waals surface area contributed by atoms with Crippen LogP contribution in [0.25, 0.3) is 10.3 Å². The number of amides is 1. The molecule has 1 aliphatic rings. The minimum atomic E-state index is -3.45. The maximum atomic E-state index is 13.0. The minimum Gasteiger partial charge on any atom is -0.344 e. The fourth-order valence-corrected chi connectivity index (χ4v) is 5.28. The van der Waals surface area contributed by atoms with Gasteiger partial charge in [-0.25, -0.2) is 18.4 Å². The number of pyridine rings is 1. The van der Waals surface area contributed by atoms with E-state index in [2.05, 4.69) is 14.9 Å². The van der Waals surface area contributed by atoms with E-state index in [1.807, 2.05) is 12.1 Å². The molecular weight excluding hydrogens is 396 g/mol. The Kier molecular flexibility index (Phi) is 5.03. The number of sulfone groups is 1. The summed E-state index contributed by atoms with van der Waals surface area (Å²) in [5, 5.41) is 0.898. The zero-order valence-corrected chi connectivity index (χ0v) is 17.0. The SMILES string of the molecule is CCS(=O)(=O)c1ccccc1C(=O)N1CCN(c2nc3cccnc3s2)CC1. The van der Waals surface area contributed by atoms with Crippen molar-refractivity contribution < 1.29 is 13.2 Å². The average molecular weight is 417 g/mol. The molecule has 3 heterocycles. The number of thiazole rings is 1. The van der Waals surface area contributed by atoms with E-state index >= 15 is 0 Å². The van der Waals surface area contributed by atoms with Gasteiger partial charge < -0.3 is 9.80 Å². The van der Waals surface area contributed by atoms with Crippen molar-refractivity contribution in [2.24, 2.45) is 0 Å². The molecule has 28 heavy (non-hydrogen) atoms. The van der Waals surface area contributed by atoms with Crippen molar-refractivity contribution in [2.75, 3.05) is 36.8 Å². The first-order valence-electron chi connectivity index (χ1n) is 9.07. The van der Waals surface area contributed by atoms with Gasteiger partial charge in [0.2, 0.25) is 0 Å². The Hall–Kier alpha value is -2.52. The Morgan fingerprint density at radius 1 is 1.11 bits per heavy atom. The number of anilines is 1. The lowest BCUT2D eigenvalue weighted by Crippen LogP contribution is -2.49. The Morgan fingerprint density at radius 3 is 2.57 bits per heavy atom. The molecule has 0 radical (unpaired) electrons. The lowest BCUT2D eigenvalue weighted by molar-refractivity contribution is 0.0743. The van der Waals surface area contributed by atoms with Gasteiger partial charge in [-0.3, -0.25) is 4.79 Å². The highest BCUT2D eigenvalue weighted by atomic mass is 32.2. The number of hydrogen-bond acceptors (Lipinski definition) is 7. The second-order valence-electron chi connectivity index (χ2n) is 6.50. The molecule has 9 heteroatoms. The van der Waals surface area contributed by atoms with E-state index in [1.165, 1.54) is 17.4 Å². The van der Waals surface area contributed by atoms with E-state index < -0.39 is 9.84 Å². The Labute approximate surface area is 167 Å². The first-order valence-corrected chi connectivity index (χ1v) is 11.5. The highest BCUT2D eigenvalue weighted by Gasteiger charge is 2.27. The number of benzene rings is 1. The number of fused-ring (bicyclic) bond motifs is 1. The molecule has 1 aliphatic heterocycles. The van der Waals surface area contributed by atoms with E-state index in [4.69, 9.17) is 0 Å². The van der Waals surface area contributed by atoms with E-state index in [1.54, 1.807) is 36.2 Å². The smallest absolute Gasteiger partial charge is 0.255 e. The summed E-state index contributed by atoms with van der Waals surface area (Å²) in [5.41, 5.74) is 1.13. The monoisotopic (exact) mass is 416 g/mol. The number of rotatable bonds is 4. The van der Waals surface area contributed by atoms with Crippen LogP contribution in [0.3, 0.4) is 0 Å². The predicted octanol–water partition coefficient (Wildman–Crippen LogP) is 2.45. The molecule has 1 amide bonds. The van der Waals surface area contributed by atoms with Crippen molar-refractivity contribution in [3.8, 4) is 0 Å². The molecule has 0 unspecified atom stereocenters. The lowest BCUT2D eigenvalue weighted by Gasteiger charge is -2.34. The molecule has 7 nitrogen and oxygen atoms in total. The fourth-order valence-electron chi connectivity index (χ4n) is 3.23. The molecule has 3 aromatic rings. The van der Waals surface area contributed by atoms with Crippen molar-refractivity contribution in [2.45, 2.75) is 11.8 Å². The third kappa shape index (κ3) is 3.47. The quantitative estimate of drug-likeness (QED) is 0.650. The van der Waals surface area contributed by atoms with Gasteiger partial charge in [-0.05, 0) is 24.3 Å². The van der Waals surface area contributed by atoms with Gasteiger partial charge in [0.05, 0.1) is 16.2 Å². The van der Waals surface area contributed by atoms with Crippen LogP contribution in [0, 0.1) is 0 Å². The largest absolute Gasteiger partial charge is 0.344 e. The molecule has 0 bridgehead atoms. The van der Waals surface area contributed by atoms with Crippen molar-refractivity contribution >= 4 is 42.6 Å². The van der Waals surface area contributed by atoms with Crippen LogP contribution in [-0.2, 0) is 9.84 Å². The summed E-state index contributed by atoms with van der Waals surface area (Å²) in [6, 6.07) is 10.3. The number of aromatic nitrogens is 2.